The van der Waals surface area contributed by atoms with Crippen LogP contribution >= 0.6 is 0 Å². The van der Waals surface area contributed by atoms with E-state index in [9.17, 15) is 9.90 Å². The molecule has 2 aliphatic heterocycles. The van der Waals surface area contributed by atoms with Crippen LogP contribution in [0.2, 0.25) is 0 Å². The third-order valence-corrected chi connectivity index (χ3v) is 4.54. The number of hydrogen-bond acceptors (Lipinski definition) is 4. The first kappa shape index (κ1) is 13.4. The fourth-order valence-electron chi connectivity index (χ4n) is 3.50. The maximum Gasteiger partial charge on any atom is 0.257 e. The highest BCUT2D eigenvalue weighted by molar-refractivity contribution is 5.96. The van der Waals surface area contributed by atoms with Crippen molar-refractivity contribution in [3.05, 3.63) is 24.0 Å². The van der Waals surface area contributed by atoms with Crippen molar-refractivity contribution in [3.8, 4) is 5.75 Å². The van der Waals surface area contributed by atoms with Crippen molar-refractivity contribution in [2.75, 3.05) is 26.2 Å². The molecule has 2 aliphatic rings. The molecule has 0 bridgehead atoms. The van der Waals surface area contributed by atoms with Gasteiger partial charge in [0.25, 0.3) is 5.91 Å². The van der Waals surface area contributed by atoms with Crippen LogP contribution in [0.1, 0.15) is 36.0 Å². The van der Waals surface area contributed by atoms with Crippen molar-refractivity contribution in [2.45, 2.75) is 25.7 Å². The highest BCUT2D eigenvalue weighted by Crippen LogP contribution is 2.36. The van der Waals surface area contributed by atoms with Gasteiger partial charge in [-0.25, -0.2) is 0 Å². The van der Waals surface area contributed by atoms with Gasteiger partial charge in [0.15, 0.2) is 0 Å². The largest absolute Gasteiger partial charge is 0.505 e. The number of hydrogen-bond donors (Lipinski definition) is 2. The smallest absolute Gasteiger partial charge is 0.257 e. The first-order valence-electron chi connectivity index (χ1n) is 7.33. The molecule has 5 nitrogen and oxygen atoms in total. The molecule has 1 spiro atoms. The molecule has 108 valence electrons. The molecule has 2 saturated heterocycles. The lowest BCUT2D eigenvalue weighted by molar-refractivity contribution is 0.0431. The van der Waals surface area contributed by atoms with Crippen molar-refractivity contribution in [1.82, 2.24) is 15.2 Å². The number of amides is 1. The van der Waals surface area contributed by atoms with Crippen LogP contribution in [-0.2, 0) is 0 Å². The number of carbonyl (C=O) groups excluding carboxylic acids is 1. The van der Waals surface area contributed by atoms with Gasteiger partial charge in [-0.2, -0.15) is 0 Å². The second-order valence-corrected chi connectivity index (χ2v) is 6.00. The van der Waals surface area contributed by atoms with Crippen LogP contribution < -0.4 is 5.32 Å². The fraction of sp³-hybridized carbons (Fsp3) is 0.600. The van der Waals surface area contributed by atoms with E-state index in [4.69, 9.17) is 0 Å². The van der Waals surface area contributed by atoms with Gasteiger partial charge in [-0.05, 0) is 38.3 Å². The van der Waals surface area contributed by atoms with Gasteiger partial charge < -0.3 is 15.3 Å². The Balaban J connectivity index is 1.77. The lowest BCUT2D eigenvalue weighted by atomic mass is 9.74. The zero-order valence-electron chi connectivity index (χ0n) is 11.6. The van der Waals surface area contributed by atoms with E-state index in [2.05, 4.69) is 10.3 Å². The molecule has 1 amide bonds. The zero-order chi connectivity index (χ0) is 14.0. The van der Waals surface area contributed by atoms with E-state index in [0.29, 0.717) is 5.56 Å². The summed E-state index contributed by atoms with van der Waals surface area (Å²) in [5, 5.41) is 13.2. The third-order valence-electron chi connectivity index (χ3n) is 4.54. The molecule has 1 unspecified atom stereocenters. The normalized spacial score (nSPS) is 26.7. The number of aromatic hydroxyl groups is 1. The van der Waals surface area contributed by atoms with Crippen LogP contribution in [-0.4, -0.2) is 47.1 Å². The highest BCUT2D eigenvalue weighted by Gasteiger charge is 2.38. The molecular weight excluding hydrogens is 254 g/mol. The van der Waals surface area contributed by atoms with Gasteiger partial charge >= 0.3 is 0 Å². The number of nitrogens with one attached hydrogen (secondary N) is 1. The predicted molar refractivity (Wildman–Crippen MR) is 75.6 cm³/mol. The number of aromatic nitrogens is 1. The van der Waals surface area contributed by atoms with E-state index in [1.165, 1.54) is 25.5 Å². The van der Waals surface area contributed by atoms with Crippen LogP contribution in [0.25, 0.3) is 0 Å². The maximum atomic E-state index is 12.6. The van der Waals surface area contributed by atoms with Crippen LogP contribution in [0.4, 0.5) is 0 Å². The monoisotopic (exact) mass is 275 g/mol. The molecule has 1 aromatic heterocycles. The lowest BCUT2D eigenvalue weighted by Crippen LogP contribution is -2.52. The molecule has 3 heterocycles. The average Bonchev–Trinajstić information content (AvgIpc) is 2.48. The first-order chi connectivity index (χ1) is 9.70. The number of likely N-dealkylation sites (tertiary alicyclic amines) is 1. The Hall–Kier alpha value is -1.62. The minimum absolute atomic E-state index is 0.0288. The molecule has 1 atom stereocenters. The number of piperidine rings is 2. The van der Waals surface area contributed by atoms with Crippen molar-refractivity contribution in [3.63, 3.8) is 0 Å². The van der Waals surface area contributed by atoms with Crippen LogP contribution in [0.15, 0.2) is 18.5 Å². The summed E-state index contributed by atoms with van der Waals surface area (Å²) >= 11 is 0. The van der Waals surface area contributed by atoms with E-state index < -0.39 is 0 Å². The Morgan fingerprint density at radius 3 is 3.00 bits per heavy atom. The molecule has 0 radical (unpaired) electrons. The standard InChI is InChI=1S/C15H21N3O2/c19-13-9-16-7-3-12(13)14(20)18-8-2-5-15(11-18)4-1-6-17-10-15/h3,7,9,17,19H,1-2,4-6,8,10-11H2. The minimum atomic E-state index is -0.0745. The molecule has 1 aromatic rings. The summed E-state index contributed by atoms with van der Waals surface area (Å²) in [5.74, 6) is -0.103. The minimum Gasteiger partial charge on any atom is -0.505 e. The predicted octanol–water partition coefficient (Wildman–Crippen LogP) is 1.39. The maximum absolute atomic E-state index is 12.6. The second kappa shape index (κ2) is 5.40. The van der Waals surface area contributed by atoms with Crippen molar-refractivity contribution >= 4 is 5.91 Å². The Labute approximate surface area is 119 Å². The van der Waals surface area contributed by atoms with Crippen molar-refractivity contribution < 1.29 is 9.90 Å². The SMILES string of the molecule is O=C(c1ccncc1O)N1CCCC2(CCCNC2)C1. The van der Waals surface area contributed by atoms with Crippen molar-refractivity contribution in [1.29, 1.82) is 0 Å². The average molecular weight is 275 g/mol. The molecule has 5 heteroatoms. The zero-order valence-corrected chi connectivity index (χ0v) is 11.6. The topological polar surface area (TPSA) is 65.5 Å². The van der Waals surface area contributed by atoms with Gasteiger partial charge in [0.1, 0.15) is 5.75 Å². The molecule has 3 rings (SSSR count). The van der Waals surface area contributed by atoms with Crippen LogP contribution in [0, 0.1) is 5.41 Å². The summed E-state index contributed by atoms with van der Waals surface area (Å²) in [6.45, 7) is 3.66. The number of carbonyl (C=O) groups is 1. The number of nitrogens with zero attached hydrogens (tertiary/aromatic N) is 2. The molecule has 0 aliphatic carbocycles. The molecule has 2 N–H and O–H groups in total. The molecule has 0 aromatic carbocycles. The van der Waals surface area contributed by atoms with Gasteiger partial charge in [-0.15, -0.1) is 0 Å². The lowest BCUT2D eigenvalue weighted by Gasteiger charge is -2.45. The summed E-state index contributed by atoms with van der Waals surface area (Å²) < 4.78 is 0. The van der Waals surface area contributed by atoms with Crippen LogP contribution in [0.3, 0.4) is 0 Å². The summed E-state index contributed by atoms with van der Waals surface area (Å²) in [7, 11) is 0. The van der Waals surface area contributed by atoms with Gasteiger partial charge in [-0.3, -0.25) is 9.78 Å². The van der Waals surface area contributed by atoms with Crippen LogP contribution in [0.5, 0.6) is 5.75 Å². The van der Waals surface area contributed by atoms with Gasteiger partial charge in [0.2, 0.25) is 0 Å². The summed E-state index contributed by atoms with van der Waals surface area (Å²) in [5.41, 5.74) is 0.593. The second-order valence-electron chi connectivity index (χ2n) is 6.00. The van der Waals surface area contributed by atoms with Gasteiger partial charge in [0, 0.05) is 31.2 Å². The first-order valence-corrected chi connectivity index (χ1v) is 7.33. The van der Waals surface area contributed by atoms with Crippen molar-refractivity contribution in [2.24, 2.45) is 5.41 Å². The Bertz CT molecular complexity index is 492. The summed E-state index contributed by atoms with van der Waals surface area (Å²) in [6.07, 6.45) is 7.48. The number of rotatable bonds is 1. The third kappa shape index (κ3) is 2.50. The molecular formula is C15H21N3O2. The number of pyridine rings is 1. The quantitative estimate of drug-likeness (QED) is 0.813. The highest BCUT2D eigenvalue weighted by atomic mass is 16.3. The van der Waals surface area contributed by atoms with E-state index in [-0.39, 0.29) is 17.1 Å². The van der Waals surface area contributed by atoms with E-state index >= 15 is 0 Å². The summed E-state index contributed by atoms with van der Waals surface area (Å²) in [6, 6.07) is 1.60. The van der Waals surface area contributed by atoms with E-state index in [1.807, 2.05) is 4.90 Å². The molecule has 0 saturated carbocycles. The summed E-state index contributed by atoms with van der Waals surface area (Å²) in [4.78, 5) is 18.3. The Morgan fingerprint density at radius 2 is 2.25 bits per heavy atom. The fourth-order valence-corrected chi connectivity index (χ4v) is 3.50. The Kier molecular flexibility index (Phi) is 3.61. The van der Waals surface area contributed by atoms with E-state index in [0.717, 1.165) is 32.6 Å². The Morgan fingerprint density at radius 1 is 1.40 bits per heavy atom. The molecule has 2 fully saturated rings. The van der Waals surface area contributed by atoms with Gasteiger partial charge in [0.05, 0.1) is 11.8 Å². The van der Waals surface area contributed by atoms with Gasteiger partial charge in [-0.1, -0.05) is 0 Å². The molecule has 20 heavy (non-hydrogen) atoms. The van der Waals surface area contributed by atoms with E-state index in [1.54, 1.807) is 12.3 Å².